The summed E-state index contributed by atoms with van der Waals surface area (Å²) in [5, 5.41) is 0.496. The number of hydrogen-bond acceptors (Lipinski definition) is 5. The van der Waals surface area contributed by atoms with Gasteiger partial charge in [-0.15, -0.1) is 0 Å². The van der Waals surface area contributed by atoms with Crippen LogP contribution in [0.5, 0.6) is 0 Å². The lowest BCUT2D eigenvalue weighted by Gasteiger charge is -2.18. The molecule has 5 rings (SSSR count). The molecule has 0 N–H and O–H groups in total. The maximum atomic E-state index is 12.8. The van der Waals surface area contributed by atoms with Crippen LogP contribution in [0.1, 0.15) is 48.3 Å². The minimum atomic E-state index is -0.120. The van der Waals surface area contributed by atoms with E-state index in [2.05, 4.69) is 28.8 Å². The maximum absolute atomic E-state index is 12.8. The number of hydrogen-bond donors (Lipinski definition) is 0. The maximum Gasteiger partial charge on any atom is 0.273 e. The van der Waals surface area contributed by atoms with Gasteiger partial charge >= 0.3 is 0 Å². The molecule has 0 saturated heterocycles. The summed E-state index contributed by atoms with van der Waals surface area (Å²) in [6.45, 7) is 4.64. The standard InChI is InChI=1S/C25H24ClN6O/c1-15(2)22-19(5-4-10-27-22)23-28-12-18-11-21(33)32(25(18)30-23)13-16-6-8-17(9-7-16)24-29-20(26)14-31(24)3/h4-10,12,14-15,24H,11,13H2,1-3H3/q+1. The zero-order valence-corrected chi connectivity index (χ0v) is 19.5. The van der Waals surface area contributed by atoms with Gasteiger partial charge in [0.1, 0.15) is 12.9 Å². The summed E-state index contributed by atoms with van der Waals surface area (Å²) in [4.78, 5) is 32.9. The van der Waals surface area contributed by atoms with Gasteiger partial charge in [-0.05, 0) is 35.7 Å². The Labute approximate surface area is 197 Å². The van der Waals surface area contributed by atoms with E-state index in [4.69, 9.17) is 16.6 Å². The highest BCUT2D eigenvalue weighted by atomic mass is 35.5. The molecule has 4 heterocycles. The molecule has 7 nitrogen and oxygen atoms in total. The fourth-order valence-electron chi connectivity index (χ4n) is 4.26. The van der Waals surface area contributed by atoms with E-state index in [0.717, 1.165) is 27.9 Å². The second-order valence-electron chi connectivity index (χ2n) is 8.65. The molecule has 0 spiro atoms. The highest BCUT2D eigenvalue weighted by Crippen LogP contribution is 2.32. The second-order valence-corrected chi connectivity index (χ2v) is 9.04. The Morgan fingerprint density at radius 2 is 1.97 bits per heavy atom. The van der Waals surface area contributed by atoms with Crippen LogP contribution in [-0.4, -0.2) is 43.9 Å². The van der Waals surface area contributed by atoms with Crippen LogP contribution in [0, 0.1) is 0 Å². The Hall–Kier alpha value is -3.45. The van der Waals surface area contributed by atoms with Crippen LogP contribution >= 0.6 is 11.6 Å². The Kier molecular flexibility index (Phi) is 5.50. The van der Waals surface area contributed by atoms with E-state index in [9.17, 15) is 4.79 Å². The van der Waals surface area contributed by atoms with E-state index >= 15 is 0 Å². The lowest BCUT2D eigenvalue weighted by atomic mass is 10.0. The molecule has 0 fully saturated rings. The topological polar surface area (TPSA) is 74.3 Å². The van der Waals surface area contributed by atoms with Crippen LogP contribution in [-0.2, 0) is 17.8 Å². The summed E-state index contributed by atoms with van der Waals surface area (Å²) in [6, 6.07) is 12.0. The highest BCUT2D eigenvalue weighted by Gasteiger charge is 2.31. The van der Waals surface area contributed by atoms with Crippen molar-refractivity contribution in [2.45, 2.75) is 38.9 Å². The third-order valence-electron chi connectivity index (χ3n) is 5.93. The lowest BCUT2D eigenvalue weighted by molar-refractivity contribution is -0.533. The molecule has 166 valence electrons. The van der Waals surface area contributed by atoms with E-state index in [-0.39, 0.29) is 18.0 Å². The van der Waals surface area contributed by atoms with Crippen molar-refractivity contribution in [2.75, 3.05) is 11.9 Å². The number of aliphatic imine (C=N–C) groups is 1. The van der Waals surface area contributed by atoms with E-state index < -0.39 is 0 Å². The van der Waals surface area contributed by atoms with Gasteiger partial charge in [-0.25, -0.2) is 14.5 Å². The summed E-state index contributed by atoms with van der Waals surface area (Å²) in [6.07, 6.45) is 5.55. The van der Waals surface area contributed by atoms with Gasteiger partial charge in [0.15, 0.2) is 11.0 Å². The zero-order valence-electron chi connectivity index (χ0n) is 18.7. The molecule has 3 aromatic rings. The predicted octanol–water partition coefficient (Wildman–Crippen LogP) is 4.11. The molecule has 1 aromatic carbocycles. The van der Waals surface area contributed by atoms with Gasteiger partial charge in [0.05, 0.1) is 18.7 Å². The molecule has 8 heteroatoms. The monoisotopic (exact) mass is 459 g/mol. The van der Waals surface area contributed by atoms with Gasteiger partial charge < -0.3 is 0 Å². The molecule has 2 aliphatic rings. The molecule has 0 saturated carbocycles. The van der Waals surface area contributed by atoms with Crippen LogP contribution < -0.4 is 4.90 Å². The van der Waals surface area contributed by atoms with Gasteiger partial charge in [-0.3, -0.25) is 14.7 Å². The fraction of sp³-hybridized carbons (Fsp3) is 0.280. The van der Waals surface area contributed by atoms with Gasteiger partial charge in [0.25, 0.3) is 6.17 Å². The average Bonchev–Trinajstić information content (AvgIpc) is 3.31. The first-order valence-corrected chi connectivity index (χ1v) is 11.3. The fourth-order valence-corrected chi connectivity index (χ4v) is 4.51. The number of carbonyl (C=O) groups is 1. The van der Waals surface area contributed by atoms with E-state index in [1.807, 2.05) is 54.2 Å². The van der Waals surface area contributed by atoms with Crippen molar-refractivity contribution in [1.29, 1.82) is 0 Å². The molecule has 0 bridgehead atoms. The summed E-state index contributed by atoms with van der Waals surface area (Å²) in [7, 11) is 1.95. The third kappa shape index (κ3) is 4.04. The molecule has 1 amide bonds. The number of halogens is 1. The summed E-state index contributed by atoms with van der Waals surface area (Å²) in [5.41, 5.74) is 4.76. The SMILES string of the molecule is CC(C)c1ncccc1-c1ncc2c(n1)N(Cc1ccc(C3N=C(Cl)C=[N+]3C)cc1)C(=O)C2. The van der Waals surface area contributed by atoms with Crippen LogP contribution in [0.25, 0.3) is 11.4 Å². The molecule has 33 heavy (non-hydrogen) atoms. The van der Waals surface area contributed by atoms with Gasteiger partial charge in [-0.1, -0.05) is 37.6 Å². The van der Waals surface area contributed by atoms with Crippen LogP contribution in [0.3, 0.4) is 0 Å². The van der Waals surface area contributed by atoms with Crippen LogP contribution in [0.2, 0.25) is 0 Å². The first-order valence-electron chi connectivity index (χ1n) is 10.9. The molecule has 2 aromatic heterocycles. The summed E-state index contributed by atoms with van der Waals surface area (Å²) in [5.74, 6) is 1.53. The summed E-state index contributed by atoms with van der Waals surface area (Å²) < 4.78 is 1.97. The number of fused-ring (bicyclic) bond motifs is 1. The first kappa shape index (κ1) is 21.4. The average molecular weight is 460 g/mol. The minimum Gasteiger partial charge on any atom is -0.292 e. The number of carbonyl (C=O) groups excluding carboxylic acids is 1. The Balaban J connectivity index is 1.42. The van der Waals surface area contributed by atoms with Crippen molar-refractivity contribution in [3.63, 3.8) is 0 Å². The molecule has 2 aliphatic heterocycles. The number of aromatic nitrogens is 3. The Morgan fingerprint density at radius 1 is 1.18 bits per heavy atom. The number of amides is 1. The van der Waals surface area contributed by atoms with Crippen molar-refractivity contribution in [2.24, 2.45) is 4.99 Å². The van der Waals surface area contributed by atoms with Crippen LogP contribution in [0.4, 0.5) is 5.82 Å². The lowest BCUT2D eigenvalue weighted by Crippen LogP contribution is -2.26. The molecule has 0 aliphatic carbocycles. The first-order chi connectivity index (χ1) is 15.9. The van der Waals surface area contributed by atoms with E-state index in [1.54, 1.807) is 17.3 Å². The van der Waals surface area contributed by atoms with Crippen LogP contribution in [0.15, 0.2) is 53.8 Å². The summed E-state index contributed by atoms with van der Waals surface area (Å²) >= 11 is 6.04. The quantitative estimate of drug-likeness (QED) is 0.538. The highest BCUT2D eigenvalue weighted by molar-refractivity contribution is 6.79. The van der Waals surface area contributed by atoms with E-state index in [1.165, 1.54) is 0 Å². The Morgan fingerprint density at radius 3 is 2.67 bits per heavy atom. The molecular weight excluding hydrogens is 436 g/mol. The third-order valence-corrected chi connectivity index (χ3v) is 6.12. The molecular formula is C25H24ClN6O+. The normalized spacial score (nSPS) is 17.4. The second kappa shape index (κ2) is 8.48. The van der Waals surface area contributed by atoms with Crippen molar-refractivity contribution in [1.82, 2.24) is 15.0 Å². The minimum absolute atomic E-state index is 0.0253. The smallest absolute Gasteiger partial charge is 0.273 e. The van der Waals surface area contributed by atoms with Gasteiger partial charge in [0, 0.05) is 29.1 Å². The Bertz CT molecular complexity index is 1300. The predicted molar refractivity (Wildman–Crippen MR) is 129 cm³/mol. The zero-order chi connectivity index (χ0) is 23.1. The number of anilines is 1. The molecule has 1 atom stereocenters. The molecule has 1 unspecified atom stereocenters. The largest absolute Gasteiger partial charge is 0.292 e. The van der Waals surface area contributed by atoms with Crippen molar-refractivity contribution < 1.29 is 9.37 Å². The molecule has 0 radical (unpaired) electrons. The van der Waals surface area contributed by atoms with Gasteiger partial charge in [0.2, 0.25) is 12.1 Å². The van der Waals surface area contributed by atoms with Crippen molar-refractivity contribution in [3.05, 3.63) is 71.2 Å². The van der Waals surface area contributed by atoms with E-state index in [0.29, 0.717) is 29.8 Å². The van der Waals surface area contributed by atoms with Crippen molar-refractivity contribution >= 4 is 34.7 Å². The van der Waals surface area contributed by atoms with Gasteiger partial charge in [-0.2, -0.15) is 4.99 Å². The number of rotatable bonds is 5. The number of nitrogens with zero attached hydrogens (tertiary/aromatic N) is 6. The number of benzene rings is 1. The number of pyridine rings is 1. The van der Waals surface area contributed by atoms with Crippen molar-refractivity contribution in [3.8, 4) is 11.4 Å².